The molecule has 2 rings (SSSR count). The van der Waals surface area contributed by atoms with Crippen molar-refractivity contribution < 1.29 is 9.53 Å². The zero-order valence-corrected chi connectivity index (χ0v) is 8.84. The third-order valence-corrected chi connectivity index (χ3v) is 3.80. The topological polar surface area (TPSA) is 38.3 Å². The van der Waals surface area contributed by atoms with Crippen LogP contribution in [0.15, 0.2) is 0 Å². The summed E-state index contributed by atoms with van der Waals surface area (Å²) in [4.78, 5) is 11.4. The Hall–Kier alpha value is -0.570. The number of hydrogen-bond donors (Lipinski definition) is 1. The van der Waals surface area contributed by atoms with Gasteiger partial charge < -0.3 is 10.1 Å². The van der Waals surface area contributed by atoms with Crippen molar-refractivity contribution in [2.24, 2.45) is 11.3 Å². The first-order valence-electron chi connectivity index (χ1n) is 5.54. The van der Waals surface area contributed by atoms with Gasteiger partial charge in [0.1, 0.15) is 0 Å². The van der Waals surface area contributed by atoms with Crippen LogP contribution in [-0.2, 0) is 9.53 Å². The first-order valence-corrected chi connectivity index (χ1v) is 5.54. The summed E-state index contributed by atoms with van der Waals surface area (Å²) in [6.45, 7) is 2.24. The molecule has 2 fully saturated rings. The number of piperidine rings is 1. The third-order valence-electron chi connectivity index (χ3n) is 3.80. The van der Waals surface area contributed by atoms with E-state index in [1.165, 1.54) is 26.4 Å². The maximum Gasteiger partial charge on any atom is 0.308 e. The van der Waals surface area contributed by atoms with E-state index in [-0.39, 0.29) is 11.9 Å². The van der Waals surface area contributed by atoms with Crippen LogP contribution in [0.25, 0.3) is 0 Å². The zero-order chi connectivity index (χ0) is 10.0. The van der Waals surface area contributed by atoms with Gasteiger partial charge in [0.15, 0.2) is 0 Å². The molecule has 2 aliphatic rings. The largest absolute Gasteiger partial charge is 0.469 e. The normalized spacial score (nSPS) is 37.4. The molecule has 2 atom stereocenters. The van der Waals surface area contributed by atoms with E-state index in [2.05, 4.69) is 5.32 Å². The molecule has 1 spiro atoms. The molecule has 1 saturated carbocycles. The average Bonchev–Trinajstić information content (AvgIpc) is 2.62. The summed E-state index contributed by atoms with van der Waals surface area (Å²) in [5.41, 5.74) is 0.414. The lowest BCUT2D eigenvalue weighted by atomic mass is 9.78. The molecular weight excluding hydrogens is 178 g/mol. The van der Waals surface area contributed by atoms with Crippen LogP contribution >= 0.6 is 0 Å². The smallest absolute Gasteiger partial charge is 0.308 e. The van der Waals surface area contributed by atoms with Crippen LogP contribution < -0.4 is 5.32 Å². The molecule has 0 radical (unpaired) electrons. The predicted molar refractivity (Wildman–Crippen MR) is 53.9 cm³/mol. The highest BCUT2D eigenvalue weighted by Crippen LogP contribution is 2.46. The second kappa shape index (κ2) is 3.89. The van der Waals surface area contributed by atoms with E-state index in [0.717, 1.165) is 25.9 Å². The molecule has 0 amide bonds. The fraction of sp³-hybridized carbons (Fsp3) is 0.909. The van der Waals surface area contributed by atoms with Crippen LogP contribution in [-0.4, -0.2) is 26.2 Å². The Morgan fingerprint density at radius 1 is 1.50 bits per heavy atom. The summed E-state index contributed by atoms with van der Waals surface area (Å²) in [5.74, 6) is 0.160. The van der Waals surface area contributed by atoms with Gasteiger partial charge in [-0.2, -0.15) is 0 Å². The van der Waals surface area contributed by atoms with E-state index < -0.39 is 0 Å². The minimum atomic E-state index is -0.00699. The first-order chi connectivity index (χ1) is 6.76. The Balaban J connectivity index is 1.95. The fourth-order valence-corrected chi connectivity index (χ4v) is 2.99. The molecule has 3 heteroatoms. The Morgan fingerprint density at radius 3 is 3.00 bits per heavy atom. The molecule has 2 unspecified atom stereocenters. The van der Waals surface area contributed by atoms with E-state index in [9.17, 15) is 4.79 Å². The monoisotopic (exact) mass is 197 g/mol. The van der Waals surface area contributed by atoms with Crippen LogP contribution in [0.2, 0.25) is 0 Å². The first kappa shape index (κ1) is 9.97. The molecule has 0 aromatic heterocycles. The quantitative estimate of drug-likeness (QED) is 0.644. The van der Waals surface area contributed by atoms with Crippen molar-refractivity contribution in [1.29, 1.82) is 0 Å². The van der Waals surface area contributed by atoms with E-state index >= 15 is 0 Å². The Morgan fingerprint density at radius 2 is 2.36 bits per heavy atom. The van der Waals surface area contributed by atoms with E-state index in [1.807, 2.05) is 0 Å². The third kappa shape index (κ3) is 1.78. The molecule has 1 heterocycles. The van der Waals surface area contributed by atoms with Gasteiger partial charge in [-0.05, 0) is 44.1 Å². The van der Waals surface area contributed by atoms with Crippen molar-refractivity contribution in [3.8, 4) is 0 Å². The number of methoxy groups -OCH3 is 1. The SMILES string of the molecule is COC(=O)C1CCC2(CCCNC2)C1. The van der Waals surface area contributed by atoms with Crippen molar-refractivity contribution in [2.75, 3.05) is 20.2 Å². The second-order valence-corrected chi connectivity index (χ2v) is 4.74. The molecule has 1 N–H and O–H groups in total. The highest BCUT2D eigenvalue weighted by molar-refractivity contribution is 5.72. The lowest BCUT2D eigenvalue weighted by molar-refractivity contribution is -0.145. The van der Waals surface area contributed by atoms with Crippen LogP contribution in [0.3, 0.4) is 0 Å². The number of carbonyl (C=O) groups excluding carboxylic acids is 1. The highest BCUT2D eigenvalue weighted by Gasteiger charge is 2.42. The van der Waals surface area contributed by atoms with Crippen LogP contribution in [0, 0.1) is 11.3 Å². The Bertz CT molecular complexity index is 221. The van der Waals surface area contributed by atoms with Gasteiger partial charge in [-0.3, -0.25) is 4.79 Å². The fourth-order valence-electron chi connectivity index (χ4n) is 2.99. The van der Waals surface area contributed by atoms with E-state index in [4.69, 9.17) is 4.74 Å². The summed E-state index contributed by atoms with van der Waals surface area (Å²) >= 11 is 0. The number of esters is 1. The van der Waals surface area contributed by atoms with Crippen LogP contribution in [0.5, 0.6) is 0 Å². The second-order valence-electron chi connectivity index (χ2n) is 4.74. The number of rotatable bonds is 1. The van der Waals surface area contributed by atoms with Crippen LogP contribution in [0.1, 0.15) is 32.1 Å². The standard InChI is InChI=1S/C11H19NO2/c1-14-10(13)9-3-5-11(7-9)4-2-6-12-8-11/h9,12H,2-8H2,1H3. The van der Waals surface area contributed by atoms with Gasteiger partial charge in [0.05, 0.1) is 13.0 Å². The van der Waals surface area contributed by atoms with E-state index in [1.54, 1.807) is 0 Å². The molecule has 14 heavy (non-hydrogen) atoms. The van der Waals surface area contributed by atoms with Crippen molar-refractivity contribution >= 4 is 5.97 Å². The minimum Gasteiger partial charge on any atom is -0.469 e. The summed E-state index contributed by atoms with van der Waals surface area (Å²) in [5, 5.41) is 3.44. The minimum absolute atomic E-state index is 0.00699. The predicted octanol–water partition coefficient (Wildman–Crippen LogP) is 1.33. The van der Waals surface area contributed by atoms with Gasteiger partial charge in [0.25, 0.3) is 0 Å². The van der Waals surface area contributed by atoms with Crippen molar-refractivity contribution in [2.45, 2.75) is 32.1 Å². The molecule has 1 aliphatic carbocycles. The van der Waals surface area contributed by atoms with Crippen molar-refractivity contribution in [3.05, 3.63) is 0 Å². The Kier molecular flexibility index (Phi) is 2.77. The zero-order valence-electron chi connectivity index (χ0n) is 8.84. The number of carbonyl (C=O) groups is 1. The van der Waals surface area contributed by atoms with Gasteiger partial charge in [-0.1, -0.05) is 0 Å². The van der Waals surface area contributed by atoms with E-state index in [0.29, 0.717) is 5.41 Å². The number of hydrogen-bond acceptors (Lipinski definition) is 3. The molecule has 3 nitrogen and oxygen atoms in total. The van der Waals surface area contributed by atoms with Crippen molar-refractivity contribution in [1.82, 2.24) is 5.32 Å². The molecule has 80 valence electrons. The van der Waals surface area contributed by atoms with Gasteiger partial charge in [-0.15, -0.1) is 0 Å². The van der Waals surface area contributed by atoms with Crippen molar-refractivity contribution in [3.63, 3.8) is 0 Å². The van der Waals surface area contributed by atoms with Gasteiger partial charge in [0, 0.05) is 6.54 Å². The molecule has 1 aliphatic heterocycles. The van der Waals surface area contributed by atoms with Gasteiger partial charge >= 0.3 is 5.97 Å². The molecule has 0 bridgehead atoms. The molecular formula is C11H19NO2. The molecule has 0 aromatic rings. The summed E-state index contributed by atoms with van der Waals surface area (Å²) < 4.78 is 4.81. The molecule has 0 aromatic carbocycles. The molecule has 1 saturated heterocycles. The average molecular weight is 197 g/mol. The Labute approximate surface area is 85.2 Å². The lowest BCUT2D eigenvalue weighted by Crippen LogP contribution is -2.38. The van der Waals surface area contributed by atoms with Crippen LogP contribution in [0.4, 0.5) is 0 Å². The number of ether oxygens (including phenoxy) is 1. The highest BCUT2D eigenvalue weighted by atomic mass is 16.5. The number of nitrogens with one attached hydrogen (secondary N) is 1. The van der Waals surface area contributed by atoms with Gasteiger partial charge in [0.2, 0.25) is 0 Å². The maximum atomic E-state index is 11.4. The summed E-state index contributed by atoms with van der Waals surface area (Å²) in [6.07, 6.45) is 5.79. The summed E-state index contributed by atoms with van der Waals surface area (Å²) in [7, 11) is 1.49. The van der Waals surface area contributed by atoms with Gasteiger partial charge in [-0.25, -0.2) is 0 Å². The summed E-state index contributed by atoms with van der Waals surface area (Å²) in [6, 6.07) is 0. The lowest BCUT2D eigenvalue weighted by Gasteiger charge is -2.33. The maximum absolute atomic E-state index is 11.4.